The molecule has 0 aliphatic heterocycles. The summed E-state index contributed by atoms with van der Waals surface area (Å²) in [5.74, 6) is 2.22. The van der Waals surface area contributed by atoms with Crippen molar-refractivity contribution >= 4 is 28.3 Å². The van der Waals surface area contributed by atoms with Gasteiger partial charge in [0.25, 0.3) is 0 Å². The molecule has 5 heteroatoms. The zero-order valence-corrected chi connectivity index (χ0v) is 16.4. The quantitative estimate of drug-likeness (QED) is 0.446. The Morgan fingerprint density at radius 2 is 1.68 bits per heavy atom. The van der Waals surface area contributed by atoms with Crippen molar-refractivity contribution in [3.05, 3.63) is 83.4 Å². The zero-order valence-electron chi connectivity index (χ0n) is 15.7. The highest BCUT2D eigenvalue weighted by molar-refractivity contribution is 6.31. The molecule has 0 saturated heterocycles. The van der Waals surface area contributed by atoms with Gasteiger partial charge in [-0.2, -0.15) is 0 Å². The van der Waals surface area contributed by atoms with Crippen LogP contribution in [-0.2, 0) is 0 Å². The fourth-order valence-corrected chi connectivity index (χ4v) is 3.28. The van der Waals surface area contributed by atoms with E-state index in [0.29, 0.717) is 10.8 Å². The van der Waals surface area contributed by atoms with Gasteiger partial charge < -0.3 is 10.1 Å². The third-order valence-electron chi connectivity index (χ3n) is 4.66. The van der Waals surface area contributed by atoms with Crippen LogP contribution in [0.3, 0.4) is 0 Å². The monoisotopic (exact) mass is 389 g/mol. The SMILES string of the molecule is COc1ccc(-c2nc(NC(C)c3ccccc3)c3ccc(Cl)cc3n2)cc1. The third kappa shape index (κ3) is 3.78. The Labute approximate surface area is 169 Å². The number of aromatic nitrogens is 2. The van der Waals surface area contributed by atoms with Crippen LogP contribution in [0.2, 0.25) is 5.02 Å². The van der Waals surface area contributed by atoms with Crippen molar-refractivity contribution in [3.63, 3.8) is 0 Å². The number of nitrogens with zero attached hydrogens (tertiary/aromatic N) is 2. The second kappa shape index (κ2) is 7.87. The van der Waals surface area contributed by atoms with Crippen LogP contribution in [-0.4, -0.2) is 17.1 Å². The van der Waals surface area contributed by atoms with E-state index < -0.39 is 0 Å². The largest absolute Gasteiger partial charge is 0.497 e. The topological polar surface area (TPSA) is 47.0 Å². The lowest BCUT2D eigenvalue weighted by molar-refractivity contribution is 0.415. The predicted octanol–water partition coefficient (Wildman–Crippen LogP) is 6.13. The van der Waals surface area contributed by atoms with E-state index in [1.807, 2.05) is 60.7 Å². The number of halogens is 1. The summed E-state index contributed by atoms with van der Waals surface area (Å²) in [6, 6.07) is 23.8. The number of methoxy groups -OCH3 is 1. The molecule has 0 aliphatic carbocycles. The van der Waals surface area contributed by atoms with Gasteiger partial charge in [0.15, 0.2) is 5.82 Å². The molecule has 4 nitrogen and oxygen atoms in total. The molecule has 4 rings (SSSR count). The fraction of sp³-hybridized carbons (Fsp3) is 0.130. The van der Waals surface area contributed by atoms with Crippen LogP contribution in [0.5, 0.6) is 5.75 Å². The van der Waals surface area contributed by atoms with Crippen LogP contribution in [0.25, 0.3) is 22.3 Å². The maximum atomic E-state index is 6.21. The molecule has 1 heterocycles. The molecular weight excluding hydrogens is 370 g/mol. The predicted molar refractivity (Wildman–Crippen MR) is 115 cm³/mol. The molecule has 0 saturated carbocycles. The lowest BCUT2D eigenvalue weighted by atomic mass is 10.1. The lowest BCUT2D eigenvalue weighted by Crippen LogP contribution is -2.09. The standard InChI is InChI=1S/C23H20ClN3O/c1-15(16-6-4-3-5-7-16)25-23-20-13-10-18(24)14-21(20)26-22(27-23)17-8-11-19(28-2)12-9-17/h3-15H,1-2H3,(H,25,26,27). The van der Waals surface area contributed by atoms with Crippen molar-refractivity contribution in [1.82, 2.24) is 9.97 Å². The van der Waals surface area contributed by atoms with Crippen molar-refractivity contribution in [3.8, 4) is 17.1 Å². The average Bonchev–Trinajstić information content (AvgIpc) is 2.74. The van der Waals surface area contributed by atoms with Gasteiger partial charge >= 0.3 is 0 Å². The normalized spacial score (nSPS) is 12.0. The van der Waals surface area contributed by atoms with E-state index in [2.05, 4.69) is 24.4 Å². The van der Waals surface area contributed by atoms with Gasteiger partial charge in [0.2, 0.25) is 0 Å². The van der Waals surface area contributed by atoms with Gasteiger partial charge in [0, 0.05) is 22.0 Å². The van der Waals surface area contributed by atoms with Crippen LogP contribution in [0, 0.1) is 0 Å². The van der Waals surface area contributed by atoms with Crippen molar-refractivity contribution < 1.29 is 4.74 Å². The van der Waals surface area contributed by atoms with Crippen LogP contribution in [0.4, 0.5) is 5.82 Å². The molecule has 0 bridgehead atoms. The van der Waals surface area contributed by atoms with E-state index >= 15 is 0 Å². The third-order valence-corrected chi connectivity index (χ3v) is 4.90. The van der Waals surface area contributed by atoms with E-state index in [1.165, 1.54) is 5.56 Å². The molecular formula is C23H20ClN3O. The molecule has 0 radical (unpaired) electrons. The summed E-state index contributed by atoms with van der Waals surface area (Å²) in [4.78, 5) is 9.54. The minimum atomic E-state index is 0.0960. The first-order chi connectivity index (χ1) is 13.6. The van der Waals surface area contributed by atoms with Crippen molar-refractivity contribution in [1.29, 1.82) is 0 Å². The van der Waals surface area contributed by atoms with Crippen molar-refractivity contribution in [2.45, 2.75) is 13.0 Å². The van der Waals surface area contributed by atoms with Gasteiger partial charge in [-0.25, -0.2) is 9.97 Å². The van der Waals surface area contributed by atoms with Gasteiger partial charge in [-0.05, 0) is 55.0 Å². The molecule has 0 spiro atoms. The first-order valence-corrected chi connectivity index (χ1v) is 9.45. The molecule has 1 atom stereocenters. The summed E-state index contributed by atoms with van der Waals surface area (Å²) in [6.07, 6.45) is 0. The van der Waals surface area contributed by atoms with E-state index in [0.717, 1.165) is 28.0 Å². The Bertz CT molecular complexity index is 1100. The number of benzene rings is 3. The van der Waals surface area contributed by atoms with E-state index in [9.17, 15) is 0 Å². The maximum Gasteiger partial charge on any atom is 0.162 e. The molecule has 0 aliphatic rings. The molecule has 28 heavy (non-hydrogen) atoms. The smallest absolute Gasteiger partial charge is 0.162 e. The molecule has 4 aromatic rings. The molecule has 1 N–H and O–H groups in total. The van der Waals surface area contributed by atoms with Gasteiger partial charge in [0.1, 0.15) is 11.6 Å². The summed E-state index contributed by atoms with van der Waals surface area (Å²) in [5, 5.41) is 5.12. The van der Waals surface area contributed by atoms with Gasteiger partial charge in [-0.1, -0.05) is 41.9 Å². The first kappa shape index (κ1) is 18.3. The molecule has 0 fully saturated rings. The Kier molecular flexibility index (Phi) is 5.13. The van der Waals surface area contributed by atoms with Gasteiger partial charge in [-0.3, -0.25) is 0 Å². The molecule has 3 aromatic carbocycles. The highest BCUT2D eigenvalue weighted by atomic mass is 35.5. The molecule has 1 unspecified atom stereocenters. The van der Waals surface area contributed by atoms with Gasteiger partial charge in [-0.15, -0.1) is 0 Å². The second-order valence-electron chi connectivity index (χ2n) is 6.56. The number of fused-ring (bicyclic) bond motifs is 1. The fourth-order valence-electron chi connectivity index (χ4n) is 3.11. The summed E-state index contributed by atoms with van der Waals surface area (Å²) < 4.78 is 5.25. The molecule has 0 amide bonds. The second-order valence-corrected chi connectivity index (χ2v) is 7.00. The summed E-state index contributed by atoms with van der Waals surface area (Å²) >= 11 is 6.21. The highest BCUT2D eigenvalue weighted by Crippen LogP contribution is 2.30. The Morgan fingerprint density at radius 1 is 0.929 bits per heavy atom. The Balaban J connectivity index is 1.79. The lowest BCUT2D eigenvalue weighted by Gasteiger charge is -2.17. The average molecular weight is 390 g/mol. The van der Waals surface area contributed by atoms with Crippen molar-refractivity contribution in [2.24, 2.45) is 0 Å². The van der Waals surface area contributed by atoms with Crippen LogP contribution >= 0.6 is 11.6 Å². The summed E-state index contributed by atoms with van der Waals surface area (Å²) in [5.41, 5.74) is 2.91. The van der Waals surface area contributed by atoms with Crippen LogP contribution < -0.4 is 10.1 Å². The van der Waals surface area contributed by atoms with E-state index in [-0.39, 0.29) is 6.04 Å². The Morgan fingerprint density at radius 3 is 2.39 bits per heavy atom. The minimum Gasteiger partial charge on any atom is -0.497 e. The zero-order chi connectivity index (χ0) is 19.5. The summed E-state index contributed by atoms with van der Waals surface area (Å²) in [7, 11) is 1.65. The number of hydrogen-bond acceptors (Lipinski definition) is 4. The van der Waals surface area contributed by atoms with Crippen LogP contribution in [0.1, 0.15) is 18.5 Å². The number of ether oxygens (including phenoxy) is 1. The number of nitrogens with one attached hydrogen (secondary N) is 1. The first-order valence-electron chi connectivity index (χ1n) is 9.07. The molecule has 140 valence electrons. The number of hydrogen-bond donors (Lipinski definition) is 1. The minimum absolute atomic E-state index is 0.0960. The number of anilines is 1. The van der Waals surface area contributed by atoms with E-state index in [4.69, 9.17) is 26.3 Å². The Hall–Kier alpha value is -3.11. The van der Waals surface area contributed by atoms with Crippen LogP contribution in [0.15, 0.2) is 72.8 Å². The maximum absolute atomic E-state index is 6.21. The number of rotatable bonds is 5. The highest BCUT2D eigenvalue weighted by Gasteiger charge is 2.13. The van der Waals surface area contributed by atoms with Gasteiger partial charge in [0.05, 0.1) is 12.6 Å². The van der Waals surface area contributed by atoms with Crippen molar-refractivity contribution in [2.75, 3.05) is 12.4 Å². The van der Waals surface area contributed by atoms with E-state index in [1.54, 1.807) is 7.11 Å². The molecule has 1 aromatic heterocycles. The summed E-state index contributed by atoms with van der Waals surface area (Å²) in [6.45, 7) is 2.12.